The van der Waals surface area contributed by atoms with Crippen LogP contribution in [0, 0.1) is 36.0 Å². The second-order valence-electron chi connectivity index (χ2n) is 8.69. The van der Waals surface area contributed by atoms with Crippen molar-refractivity contribution in [1.29, 1.82) is 0 Å². The predicted octanol–water partition coefficient (Wildman–Crippen LogP) is 5.19. The molecular weight excluding hydrogens is 332 g/mol. The fourth-order valence-electron chi connectivity index (χ4n) is 5.63. The molecule has 3 nitrogen and oxygen atoms in total. The van der Waals surface area contributed by atoms with Gasteiger partial charge in [0, 0.05) is 0 Å². The van der Waals surface area contributed by atoms with Crippen molar-refractivity contribution in [3.8, 4) is 0 Å². The second kappa shape index (κ2) is 7.03. The van der Waals surface area contributed by atoms with Crippen molar-refractivity contribution in [1.82, 2.24) is 0 Å². The lowest BCUT2D eigenvalue weighted by Gasteiger charge is -2.45. The average molecular weight is 365 g/mol. The Hall–Kier alpha value is -0.870. The predicted molar refractivity (Wildman–Crippen MR) is 101 cm³/mol. The first kappa shape index (κ1) is 18.9. The molecule has 0 radical (unpaired) electrons. The molecule has 0 amide bonds. The molecule has 0 bridgehead atoms. The third kappa shape index (κ3) is 3.66. The van der Waals surface area contributed by atoms with Crippen LogP contribution >= 0.6 is 0 Å². The Labute approximate surface area is 153 Å². The Balaban J connectivity index is 1.66. The maximum absolute atomic E-state index is 12.5. The number of hydrogen-bond donors (Lipinski definition) is 0. The quantitative estimate of drug-likeness (QED) is 0.675. The van der Waals surface area contributed by atoms with Crippen molar-refractivity contribution in [3.05, 3.63) is 29.8 Å². The van der Waals surface area contributed by atoms with Gasteiger partial charge in [-0.2, -0.15) is 8.42 Å². The standard InChI is InChI=1S/C21H32O3S/c1-15-7-9-18(10-8-15)25(22,23)24-14-17(3)20-12-11-19-16(2)6-5-13-21(19,20)4/h7-10,16-17,19-20H,5-6,11-14H2,1-4H3/t16-,17+,19?,20?,21-/m0/s1. The summed E-state index contributed by atoms with van der Waals surface area (Å²) in [7, 11) is -3.66. The van der Waals surface area contributed by atoms with Crippen molar-refractivity contribution >= 4 is 10.1 Å². The fourth-order valence-corrected chi connectivity index (χ4v) is 6.62. The smallest absolute Gasteiger partial charge is 0.266 e. The SMILES string of the molecule is Cc1ccc(S(=O)(=O)OC[C@@H](C)C2CCC3[C@@H](C)CCC[C@]23C)cc1. The minimum Gasteiger partial charge on any atom is -0.266 e. The van der Waals surface area contributed by atoms with E-state index in [1.54, 1.807) is 12.1 Å². The van der Waals surface area contributed by atoms with E-state index in [9.17, 15) is 8.42 Å². The van der Waals surface area contributed by atoms with Crippen LogP contribution in [-0.2, 0) is 14.3 Å². The molecule has 1 aromatic carbocycles. The topological polar surface area (TPSA) is 43.4 Å². The Morgan fingerprint density at radius 3 is 2.56 bits per heavy atom. The zero-order valence-corrected chi connectivity index (χ0v) is 16.8. The summed E-state index contributed by atoms with van der Waals surface area (Å²) >= 11 is 0. The van der Waals surface area contributed by atoms with Gasteiger partial charge in [0.15, 0.2) is 0 Å². The van der Waals surface area contributed by atoms with Gasteiger partial charge in [-0.05, 0) is 67.4 Å². The molecule has 0 saturated heterocycles. The molecule has 2 unspecified atom stereocenters. The molecule has 2 fully saturated rings. The molecule has 3 rings (SSSR count). The summed E-state index contributed by atoms with van der Waals surface area (Å²) in [4.78, 5) is 0.257. The van der Waals surface area contributed by atoms with Crippen LogP contribution in [0.5, 0.6) is 0 Å². The third-order valence-corrected chi connectivity index (χ3v) is 8.32. The molecule has 2 aliphatic rings. The van der Waals surface area contributed by atoms with Gasteiger partial charge in [-0.1, -0.05) is 51.3 Å². The van der Waals surface area contributed by atoms with Gasteiger partial charge in [-0.25, -0.2) is 0 Å². The molecule has 4 heteroatoms. The van der Waals surface area contributed by atoms with Crippen LogP contribution in [0.3, 0.4) is 0 Å². The number of benzene rings is 1. The molecule has 140 valence electrons. The highest BCUT2D eigenvalue weighted by atomic mass is 32.2. The monoisotopic (exact) mass is 364 g/mol. The number of hydrogen-bond acceptors (Lipinski definition) is 3. The molecule has 2 aliphatic carbocycles. The minimum atomic E-state index is -3.66. The van der Waals surface area contributed by atoms with Crippen molar-refractivity contribution in [2.24, 2.45) is 29.1 Å². The maximum atomic E-state index is 12.5. The van der Waals surface area contributed by atoms with Crippen LogP contribution in [0.25, 0.3) is 0 Å². The molecular formula is C21H32O3S. The van der Waals surface area contributed by atoms with Gasteiger partial charge in [-0.3, -0.25) is 4.18 Å². The van der Waals surface area contributed by atoms with Crippen molar-refractivity contribution in [2.75, 3.05) is 6.61 Å². The normalized spacial score (nSPS) is 33.8. The van der Waals surface area contributed by atoms with Crippen LogP contribution in [0.2, 0.25) is 0 Å². The van der Waals surface area contributed by atoms with Gasteiger partial charge in [0.2, 0.25) is 0 Å². The van der Waals surface area contributed by atoms with E-state index in [4.69, 9.17) is 4.18 Å². The van der Waals surface area contributed by atoms with Gasteiger partial charge in [-0.15, -0.1) is 0 Å². The van der Waals surface area contributed by atoms with Gasteiger partial charge < -0.3 is 0 Å². The van der Waals surface area contributed by atoms with E-state index in [2.05, 4.69) is 20.8 Å². The number of rotatable bonds is 5. The Bertz CT molecular complexity index is 694. The van der Waals surface area contributed by atoms with E-state index in [1.807, 2.05) is 19.1 Å². The molecule has 5 atom stereocenters. The summed E-state index contributed by atoms with van der Waals surface area (Å²) in [6.07, 6.45) is 6.43. The van der Waals surface area contributed by atoms with Crippen LogP contribution in [0.4, 0.5) is 0 Å². The number of aryl methyl sites for hydroxylation is 1. The summed E-state index contributed by atoms with van der Waals surface area (Å²) in [5.74, 6) is 2.42. The zero-order chi connectivity index (χ0) is 18.2. The molecule has 0 spiro atoms. The van der Waals surface area contributed by atoms with Crippen molar-refractivity contribution < 1.29 is 12.6 Å². The highest BCUT2D eigenvalue weighted by Gasteiger charge is 2.51. The van der Waals surface area contributed by atoms with Gasteiger partial charge in [0.05, 0.1) is 11.5 Å². The molecule has 0 heterocycles. The molecule has 2 saturated carbocycles. The first-order valence-corrected chi connectivity index (χ1v) is 11.1. The lowest BCUT2D eigenvalue weighted by atomic mass is 9.60. The van der Waals surface area contributed by atoms with E-state index < -0.39 is 10.1 Å². The van der Waals surface area contributed by atoms with E-state index in [-0.39, 0.29) is 17.4 Å². The van der Waals surface area contributed by atoms with Crippen molar-refractivity contribution in [2.45, 2.75) is 64.7 Å². The zero-order valence-electron chi connectivity index (χ0n) is 16.0. The average Bonchev–Trinajstić information content (AvgIpc) is 2.92. The first-order chi connectivity index (χ1) is 11.7. The van der Waals surface area contributed by atoms with Gasteiger partial charge >= 0.3 is 0 Å². The van der Waals surface area contributed by atoms with E-state index >= 15 is 0 Å². The summed E-state index contributed by atoms with van der Waals surface area (Å²) < 4.78 is 30.4. The summed E-state index contributed by atoms with van der Waals surface area (Å²) in [6.45, 7) is 9.24. The van der Waals surface area contributed by atoms with Crippen molar-refractivity contribution in [3.63, 3.8) is 0 Å². The largest absolute Gasteiger partial charge is 0.296 e. The third-order valence-electron chi connectivity index (χ3n) is 7.03. The van der Waals surface area contributed by atoms with E-state index in [1.165, 1.54) is 32.1 Å². The Kier molecular flexibility index (Phi) is 5.32. The Morgan fingerprint density at radius 1 is 1.20 bits per heavy atom. The van der Waals surface area contributed by atoms with Crippen LogP contribution in [0.1, 0.15) is 58.4 Å². The fraction of sp³-hybridized carbons (Fsp3) is 0.714. The number of fused-ring (bicyclic) bond motifs is 1. The van der Waals surface area contributed by atoms with Crippen LogP contribution in [0.15, 0.2) is 29.2 Å². The molecule has 1 aromatic rings. The molecule has 0 N–H and O–H groups in total. The molecule has 0 aliphatic heterocycles. The maximum Gasteiger partial charge on any atom is 0.296 e. The highest BCUT2D eigenvalue weighted by Crippen LogP contribution is 2.59. The van der Waals surface area contributed by atoms with E-state index in [0.717, 1.165) is 17.4 Å². The summed E-state index contributed by atoms with van der Waals surface area (Å²) in [5.41, 5.74) is 1.40. The van der Waals surface area contributed by atoms with Crippen LogP contribution in [-0.4, -0.2) is 15.0 Å². The summed E-state index contributed by atoms with van der Waals surface area (Å²) in [6, 6.07) is 6.88. The molecule has 0 aromatic heterocycles. The lowest BCUT2D eigenvalue weighted by molar-refractivity contribution is 0.0265. The second-order valence-corrected chi connectivity index (χ2v) is 10.3. The molecule has 25 heavy (non-hydrogen) atoms. The van der Waals surface area contributed by atoms with Gasteiger partial charge in [0.25, 0.3) is 10.1 Å². The van der Waals surface area contributed by atoms with Crippen LogP contribution < -0.4 is 0 Å². The van der Waals surface area contributed by atoms with Gasteiger partial charge in [0.1, 0.15) is 0 Å². The first-order valence-electron chi connectivity index (χ1n) is 9.70. The van der Waals surface area contributed by atoms with E-state index in [0.29, 0.717) is 11.3 Å². The highest BCUT2D eigenvalue weighted by molar-refractivity contribution is 7.86. The minimum absolute atomic E-state index is 0.257. The summed E-state index contributed by atoms with van der Waals surface area (Å²) in [5, 5.41) is 0. The Morgan fingerprint density at radius 2 is 1.88 bits per heavy atom. The lowest BCUT2D eigenvalue weighted by Crippen LogP contribution is -2.39.